The van der Waals surface area contributed by atoms with E-state index in [1.54, 1.807) is 0 Å². The van der Waals surface area contributed by atoms with Crippen molar-refractivity contribution in [1.29, 1.82) is 0 Å². The summed E-state index contributed by atoms with van der Waals surface area (Å²) in [6.07, 6.45) is 6.02. The number of urea groups is 1. The Hall–Kier alpha value is -1.86. The summed E-state index contributed by atoms with van der Waals surface area (Å²) in [6, 6.07) is 6.92. The molecule has 1 spiro atoms. The monoisotopic (exact) mass is 415 g/mol. The van der Waals surface area contributed by atoms with E-state index in [-0.39, 0.29) is 11.6 Å². The highest BCUT2D eigenvalue weighted by Gasteiger charge is 2.43. The Balaban J connectivity index is 1.30. The van der Waals surface area contributed by atoms with E-state index in [9.17, 15) is 4.79 Å². The van der Waals surface area contributed by atoms with Crippen LogP contribution in [0.3, 0.4) is 0 Å². The number of carbonyl (C=O) groups is 1. The summed E-state index contributed by atoms with van der Waals surface area (Å²) in [5, 5.41) is 0. The highest BCUT2D eigenvalue weighted by molar-refractivity contribution is 5.74. The number of anilines is 1. The van der Waals surface area contributed by atoms with Crippen molar-refractivity contribution in [2.45, 2.75) is 51.2 Å². The van der Waals surface area contributed by atoms with Gasteiger partial charge >= 0.3 is 6.03 Å². The molecule has 3 aliphatic heterocycles. The molecular weight excluding hydrogens is 378 g/mol. The molecule has 0 N–H and O–H groups in total. The minimum atomic E-state index is -0.0406. The van der Waals surface area contributed by atoms with Gasteiger partial charge in [0.15, 0.2) is 0 Å². The average molecular weight is 416 g/mol. The van der Waals surface area contributed by atoms with Gasteiger partial charge in [-0.15, -0.1) is 0 Å². The number of hydrogen-bond acceptors (Lipinski definition) is 5. The molecule has 0 aromatic carbocycles. The van der Waals surface area contributed by atoms with Crippen molar-refractivity contribution in [3.63, 3.8) is 0 Å². The summed E-state index contributed by atoms with van der Waals surface area (Å²) in [5.41, 5.74) is -0.0406. The zero-order valence-corrected chi connectivity index (χ0v) is 18.6. The molecule has 4 heterocycles. The number of rotatable bonds is 4. The van der Waals surface area contributed by atoms with Crippen LogP contribution in [0.4, 0.5) is 10.6 Å². The predicted octanol–water partition coefficient (Wildman–Crippen LogP) is 2.68. The molecule has 4 rings (SSSR count). The Morgan fingerprint density at radius 3 is 2.50 bits per heavy atom. The van der Waals surface area contributed by atoms with Crippen LogP contribution in [0, 0.1) is 0 Å². The Morgan fingerprint density at radius 1 is 1.13 bits per heavy atom. The van der Waals surface area contributed by atoms with Crippen LogP contribution in [-0.4, -0.2) is 96.3 Å². The van der Waals surface area contributed by atoms with Gasteiger partial charge in [-0.2, -0.15) is 0 Å². The van der Waals surface area contributed by atoms with Gasteiger partial charge in [0.2, 0.25) is 0 Å². The molecule has 3 aliphatic rings. The Kier molecular flexibility index (Phi) is 6.78. The highest BCUT2D eigenvalue weighted by atomic mass is 16.5. The Bertz CT molecular complexity index is 680. The van der Waals surface area contributed by atoms with Crippen LogP contribution < -0.4 is 4.90 Å². The van der Waals surface area contributed by atoms with Crippen molar-refractivity contribution in [3.8, 4) is 0 Å². The highest BCUT2D eigenvalue weighted by Crippen LogP contribution is 2.37. The van der Waals surface area contributed by atoms with Crippen molar-refractivity contribution < 1.29 is 9.53 Å². The lowest BCUT2D eigenvalue weighted by atomic mass is 9.81. The van der Waals surface area contributed by atoms with E-state index in [2.05, 4.69) is 40.8 Å². The Morgan fingerprint density at radius 2 is 1.87 bits per heavy atom. The van der Waals surface area contributed by atoms with Crippen LogP contribution in [0.25, 0.3) is 0 Å². The molecule has 7 heteroatoms. The van der Waals surface area contributed by atoms with Crippen LogP contribution in [0.15, 0.2) is 24.4 Å². The van der Waals surface area contributed by atoms with Gasteiger partial charge in [0.1, 0.15) is 5.82 Å². The first-order valence-corrected chi connectivity index (χ1v) is 11.7. The summed E-state index contributed by atoms with van der Waals surface area (Å²) < 4.78 is 6.36. The first kappa shape index (κ1) is 21.4. The molecule has 0 radical (unpaired) electrons. The molecule has 30 heavy (non-hydrogen) atoms. The molecule has 7 nitrogen and oxygen atoms in total. The number of ether oxygens (including phenoxy) is 1. The van der Waals surface area contributed by atoms with Gasteiger partial charge in [-0.3, -0.25) is 4.90 Å². The van der Waals surface area contributed by atoms with Gasteiger partial charge in [0, 0.05) is 71.2 Å². The smallest absolute Gasteiger partial charge is 0.319 e. The van der Waals surface area contributed by atoms with E-state index in [1.807, 2.05) is 22.1 Å². The molecule has 1 aromatic heterocycles. The van der Waals surface area contributed by atoms with Crippen LogP contribution in [0.5, 0.6) is 0 Å². The number of pyridine rings is 1. The number of amides is 2. The van der Waals surface area contributed by atoms with Gasteiger partial charge in [0.25, 0.3) is 0 Å². The lowest BCUT2D eigenvalue weighted by molar-refractivity contribution is -0.130. The number of likely N-dealkylation sites (tertiary alicyclic amines) is 1. The fraction of sp³-hybridized carbons (Fsp3) is 0.739. The number of carbonyl (C=O) groups excluding carboxylic acids is 1. The van der Waals surface area contributed by atoms with Crippen molar-refractivity contribution in [3.05, 3.63) is 24.4 Å². The predicted molar refractivity (Wildman–Crippen MR) is 119 cm³/mol. The second-order valence-electron chi connectivity index (χ2n) is 8.83. The summed E-state index contributed by atoms with van der Waals surface area (Å²) in [4.78, 5) is 26.2. The molecule has 0 bridgehead atoms. The number of nitrogens with zero attached hydrogens (tertiary/aromatic N) is 5. The number of piperidine rings is 1. The first-order chi connectivity index (χ1) is 14.6. The van der Waals surface area contributed by atoms with Gasteiger partial charge in [0.05, 0.1) is 5.60 Å². The minimum absolute atomic E-state index is 0.0406. The van der Waals surface area contributed by atoms with Gasteiger partial charge in [-0.05, 0) is 51.7 Å². The molecule has 0 aliphatic carbocycles. The molecule has 1 atom stereocenters. The topological polar surface area (TPSA) is 52.2 Å². The first-order valence-electron chi connectivity index (χ1n) is 11.7. The standard InChI is InChI=1S/C23H37N5O2/c1-3-25(4-2)22(29)28-12-9-23(10-13-28)19-20(8-18-30-23)26-14-16-27(17-15-26)21-7-5-6-11-24-21/h5-7,11,20H,3-4,8-10,12-19H2,1-2H3. The number of piperazine rings is 1. The van der Waals surface area contributed by atoms with E-state index < -0.39 is 0 Å². The zero-order valence-electron chi connectivity index (χ0n) is 18.6. The maximum atomic E-state index is 12.7. The second-order valence-corrected chi connectivity index (χ2v) is 8.83. The van der Waals surface area contributed by atoms with Crippen molar-refractivity contribution in [1.82, 2.24) is 19.7 Å². The molecule has 2 amide bonds. The molecule has 0 saturated carbocycles. The summed E-state index contributed by atoms with van der Waals surface area (Å²) in [6.45, 7) is 12.4. The zero-order chi connectivity index (χ0) is 21.0. The van der Waals surface area contributed by atoms with Crippen LogP contribution in [0.2, 0.25) is 0 Å². The van der Waals surface area contributed by atoms with E-state index in [0.717, 1.165) is 90.5 Å². The van der Waals surface area contributed by atoms with E-state index >= 15 is 0 Å². The summed E-state index contributed by atoms with van der Waals surface area (Å²) >= 11 is 0. The van der Waals surface area contributed by atoms with Gasteiger partial charge < -0.3 is 19.4 Å². The SMILES string of the molecule is CCN(CC)C(=O)N1CCC2(CC1)CC(N1CCN(c3ccccn3)CC1)CCO2. The second kappa shape index (κ2) is 9.52. The molecule has 1 aromatic rings. The van der Waals surface area contributed by atoms with Crippen LogP contribution in [0.1, 0.15) is 39.5 Å². The average Bonchev–Trinajstić information content (AvgIpc) is 2.81. The van der Waals surface area contributed by atoms with Crippen LogP contribution in [-0.2, 0) is 4.74 Å². The number of hydrogen-bond donors (Lipinski definition) is 0. The Labute approximate surface area is 181 Å². The number of aromatic nitrogens is 1. The largest absolute Gasteiger partial charge is 0.375 e. The minimum Gasteiger partial charge on any atom is -0.375 e. The quantitative estimate of drug-likeness (QED) is 0.757. The van der Waals surface area contributed by atoms with Crippen LogP contribution >= 0.6 is 0 Å². The third-order valence-corrected chi connectivity index (χ3v) is 7.25. The molecule has 3 saturated heterocycles. The molecule has 3 fully saturated rings. The molecule has 166 valence electrons. The lowest BCUT2D eigenvalue weighted by Gasteiger charge is -2.50. The summed E-state index contributed by atoms with van der Waals surface area (Å²) in [7, 11) is 0. The van der Waals surface area contributed by atoms with Gasteiger partial charge in [-0.25, -0.2) is 9.78 Å². The van der Waals surface area contributed by atoms with Crippen molar-refractivity contribution >= 4 is 11.8 Å². The van der Waals surface area contributed by atoms with E-state index in [1.165, 1.54) is 0 Å². The lowest BCUT2D eigenvalue weighted by Crippen LogP contribution is -2.58. The fourth-order valence-corrected chi connectivity index (χ4v) is 5.32. The summed E-state index contributed by atoms with van der Waals surface area (Å²) in [5.74, 6) is 1.09. The fourth-order valence-electron chi connectivity index (χ4n) is 5.32. The van der Waals surface area contributed by atoms with Crippen molar-refractivity contribution in [2.24, 2.45) is 0 Å². The van der Waals surface area contributed by atoms with Gasteiger partial charge in [-0.1, -0.05) is 6.07 Å². The molecule has 1 unspecified atom stereocenters. The third-order valence-electron chi connectivity index (χ3n) is 7.25. The maximum absolute atomic E-state index is 12.7. The van der Waals surface area contributed by atoms with E-state index in [4.69, 9.17) is 4.74 Å². The molecular formula is C23H37N5O2. The van der Waals surface area contributed by atoms with Crippen molar-refractivity contribution in [2.75, 3.05) is 63.9 Å². The normalized spacial score (nSPS) is 24.8. The third kappa shape index (κ3) is 4.57. The maximum Gasteiger partial charge on any atom is 0.319 e. The van der Waals surface area contributed by atoms with E-state index in [0.29, 0.717) is 6.04 Å².